The Hall–Kier alpha value is -2.22. The number of amides is 1. The van der Waals surface area contributed by atoms with Crippen molar-refractivity contribution < 1.29 is 19.2 Å². The van der Waals surface area contributed by atoms with Gasteiger partial charge in [-0.2, -0.15) is 4.98 Å². The Bertz CT molecular complexity index is 788. The Morgan fingerprint density at radius 2 is 2.27 bits per heavy atom. The molecular weight excluding hydrogens is 354 g/mol. The summed E-state index contributed by atoms with van der Waals surface area (Å²) in [5.41, 5.74) is 0. The maximum absolute atomic E-state index is 12.6. The third kappa shape index (κ3) is 3.25. The van der Waals surface area contributed by atoms with Gasteiger partial charge in [0.25, 0.3) is 0 Å². The number of carbonyl (C=O) groups excluding carboxylic acids is 1. The van der Waals surface area contributed by atoms with E-state index in [-0.39, 0.29) is 11.8 Å². The molecule has 1 saturated carbocycles. The van der Waals surface area contributed by atoms with Gasteiger partial charge in [0, 0.05) is 19.4 Å². The van der Waals surface area contributed by atoms with Crippen LogP contribution in [0.5, 0.6) is 0 Å². The standard InChI is InChI=1S/C18H21N3O4S/c22-15(21-10-11-4-1-5-12(11)16(21)18(23)24)8-2-7-14-19-17(20-25-14)13-6-3-9-26-13/h3,6,9,11-12,16H,1-2,4-5,7-8,10H2,(H,23,24). The largest absolute Gasteiger partial charge is 0.480 e. The summed E-state index contributed by atoms with van der Waals surface area (Å²) in [5.74, 6) is 0.606. The van der Waals surface area contributed by atoms with Crippen molar-refractivity contribution in [2.45, 2.75) is 44.6 Å². The number of rotatable bonds is 6. The molecule has 2 aromatic heterocycles. The lowest BCUT2D eigenvalue weighted by atomic mass is 9.94. The van der Waals surface area contributed by atoms with E-state index in [4.69, 9.17) is 4.52 Å². The van der Waals surface area contributed by atoms with Crippen LogP contribution in [0.4, 0.5) is 0 Å². The molecule has 1 saturated heterocycles. The second kappa shape index (κ2) is 7.19. The SMILES string of the molecule is O=C(O)C1C2CCCC2CN1C(=O)CCCc1nc(-c2cccs2)no1. The Kier molecular flexibility index (Phi) is 4.76. The molecule has 138 valence electrons. The van der Waals surface area contributed by atoms with Crippen LogP contribution in [0.1, 0.15) is 38.0 Å². The topological polar surface area (TPSA) is 96.5 Å². The quantitative estimate of drug-likeness (QED) is 0.834. The van der Waals surface area contributed by atoms with Gasteiger partial charge in [0.2, 0.25) is 17.6 Å². The summed E-state index contributed by atoms with van der Waals surface area (Å²) in [4.78, 5) is 31.1. The van der Waals surface area contributed by atoms with Gasteiger partial charge in [-0.25, -0.2) is 4.79 Å². The van der Waals surface area contributed by atoms with Gasteiger partial charge in [0.05, 0.1) is 4.88 Å². The molecule has 0 bridgehead atoms. The molecule has 0 spiro atoms. The Balaban J connectivity index is 1.32. The number of hydrogen-bond donors (Lipinski definition) is 1. The van der Waals surface area contributed by atoms with Crippen molar-refractivity contribution in [1.29, 1.82) is 0 Å². The molecule has 4 rings (SSSR count). The number of likely N-dealkylation sites (tertiary alicyclic amines) is 1. The Labute approximate surface area is 155 Å². The zero-order valence-electron chi connectivity index (χ0n) is 14.3. The smallest absolute Gasteiger partial charge is 0.326 e. The summed E-state index contributed by atoms with van der Waals surface area (Å²) < 4.78 is 5.24. The number of hydrogen-bond acceptors (Lipinski definition) is 6. The molecule has 0 radical (unpaired) electrons. The van der Waals surface area contributed by atoms with Gasteiger partial charge >= 0.3 is 5.97 Å². The van der Waals surface area contributed by atoms with Crippen molar-refractivity contribution >= 4 is 23.2 Å². The summed E-state index contributed by atoms with van der Waals surface area (Å²) in [6.07, 6.45) is 4.42. The average Bonchev–Trinajstić information content (AvgIpc) is 3.36. The minimum absolute atomic E-state index is 0.0789. The van der Waals surface area contributed by atoms with Crippen LogP contribution >= 0.6 is 11.3 Å². The van der Waals surface area contributed by atoms with Gasteiger partial charge in [-0.05, 0) is 42.5 Å². The van der Waals surface area contributed by atoms with E-state index in [1.807, 2.05) is 17.5 Å². The predicted octanol–water partition coefficient (Wildman–Crippen LogP) is 2.83. The van der Waals surface area contributed by atoms with Gasteiger partial charge in [-0.3, -0.25) is 4.79 Å². The third-order valence-corrected chi connectivity index (χ3v) is 6.32. The van der Waals surface area contributed by atoms with Gasteiger partial charge in [0.15, 0.2) is 0 Å². The highest BCUT2D eigenvalue weighted by atomic mass is 32.1. The van der Waals surface area contributed by atoms with E-state index in [9.17, 15) is 14.7 Å². The molecule has 1 aliphatic heterocycles. The summed E-state index contributed by atoms with van der Waals surface area (Å²) >= 11 is 1.54. The number of thiophene rings is 1. The molecule has 2 aliphatic rings. The lowest BCUT2D eigenvalue weighted by molar-refractivity contribution is -0.149. The van der Waals surface area contributed by atoms with Gasteiger partial charge in [0.1, 0.15) is 6.04 Å². The lowest BCUT2D eigenvalue weighted by Gasteiger charge is -2.24. The third-order valence-electron chi connectivity index (χ3n) is 5.45. The van der Waals surface area contributed by atoms with E-state index in [0.29, 0.717) is 43.4 Å². The number of nitrogens with zero attached hydrogens (tertiary/aromatic N) is 3. The van der Waals surface area contributed by atoms with Gasteiger partial charge in [-0.15, -0.1) is 11.3 Å². The number of carboxylic acid groups (broad SMARTS) is 1. The number of aryl methyl sites for hydroxylation is 1. The van der Waals surface area contributed by atoms with E-state index in [1.165, 1.54) is 0 Å². The van der Waals surface area contributed by atoms with Crippen LogP contribution in [0.25, 0.3) is 10.7 Å². The first-order chi connectivity index (χ1) is 12.6. The van der Waals surface area contributed by atoms with E-state index in [2.05, 4.69) is 10.1 Å². The Morgan fingerprint density at radius 3 is 3.04 bits per heavy atom. The number of carbonyl (C=O) groups is 2. The predicted molar refractivity (Wildman–Crippen MR) is 94.5 cm³/mol. The van der Waals surface area contributed by atoms with Crippen molar-refractivity contribution in [3.8, 4) is 10.7 Å². The second-order valence-corrected chi connectivity index (χ2v) is 7.97. The molecule has 2 aromatic rings. The summed E-state index contributed by atoms with van der Waals surface area (Å²) in [6, 6.07) is 3.21. The molecule has 8 heteroatoms. The number of carboxylic acids is 1. The van der Waals surface area contributed by atoms with E-state index in [1.54, 1.807) is 16.2 Å². The molecule has 0 aromatic carbocycles. The summed E-state index contributed by atoms with van der Waals surface area (Å²) in [5, 5.41) is 15.5. The van der Waals surface area contributed by atoms with Crippen molar-refractivity contribution in [2.24, 2.45) is 11.8 Å². The first-order valence-electron chi connectivity index (χ1n) is 9.02. The van der Waals surface area contributed by atoms with Crippen LogP contribution in [-0.2, 0) is 16.0 Å². The monoisotopic (exact) mass is 375 g/mol. The molecule has 1 aliphatic carbocycles. The fourth-order valence-corrected chi connectivity index (χ4v) is 4.92. The molecule has 3 atom stereocenters. The first-order valence-corrected chi connectivity index (χ1v) is 9.90. The number of aromatic nitrogens is 2. The molecule has 26 heavy (non-hydrogen) atoms. The molecule has 3 heterocycles. The molecule has 1 amide bonds. The normalized spacial score (nSPS) is 24.8. The number of aliphatic carboxylic acids is 1. The minimum Gasteiger partial charge on any atom is -0.480 e. The minimum atomic E-state index is -0.870. The molecular formula is C18H21N3O4S. The van der Waals surface area contributed by atoms with Crippen molar-refractivity contribution in [1.82, 2.24) is 15.0 Å². The van der Waals surface area contributed by atoms with Crippen LogP contribution in [0.15, 0.2) is 22.0 Å². The molecule has 3 unspecified atom stereocenters. The summed E-state index contributed by atoms with van der Waals surface area (Å²) in [6.45, 7) is 0.587. The van der Waals surface area contributed by atoms with E-state index >= 15 is 0 Å². The van der Waals surface area contributed by atoms with E-state index in [0.717, 1.165) is 24.1 Å². The van der Waals surface area contributed by atoms with Crippen molar-refractivity contribution in [3.05, 3.63) is 23.4 Å². The van der Waals surface area contributed by atoms with Crippen LogP contribution in [0.3, 0.4) is 0 Å². The maximum Gasteiger partial charge on any atom is 0.326 e. The first kappa shape index (κ1) is 17.2. The average molecular weight is 375 g/mol. The zero-order chi connectivity index (χ0) is 18.1. The van der Waals surface area contributed by atoms with Crippen molar-refractivity contribution in [2.75, 3.05) is 6.54 Å². The highest BCUT2D eigenvalue weighted by Crippen LogP contribution is 2.42. The van der Waals surface area contributed by atoms with Gasteiger partial charge in [-0.1, -0.05) is 17.6 Å². The lowest BCUT2D eigenvalue weighted by Crippen LogP contribution is -2.43. The fraction of sp³-hybridized carbons (Fsp3) is 0.556. The highest BCUT2D eigenvalue weighted by molar-refractivity contribution is 7.13. The van der Waals surface area contributed by atoms with Crippen LogP contribution < -0.4 is 0 Å². The van der Waals surface area contributed by atoms with E-state index < -0.39 is 12.0 Å². The Morgan fingerprint density at radius 1 is 1.38 bits per heavy atom. The summed E-state index contributed by atoms with van der Waals surface area (Å²) in [7, 11) is 0. The van der Waals surface area contributed by atoms with Crippen LogP contribution in [0.2, 0.25) is 0 Å². The number of fused-ring (bicyclic) bond motifs is 1. The van der Waals surface area contributed by atoms with Gasteiger partial charge < -0.3 is 14.5 Å². The molecule has 1 N–H and O–H groups in total. The van der Waals surface area contributed by atoms with Crippen LogP contribution in [0, 0.1) is 11.8 Å². The maximum atomic E-state index is 12.6. The zero-order valence-corrected chi connectivity index (χ0v) is 15.2. The molecule has 2 fully saturated rings. The van der Waals surface area contributed by atoms with Crippen LogP contribution in [-0.4, -0.2) is 44.6 Å². The fourth-order valence-electron chi connectivity index (χ4n) is 4.28. The second-order valence-electron chi connectivity index (χ2n) is 7.03. The molecule has 7 nitrogen and oxygen atoms in total. The van der Waals surface area contributed by atoms with Crippen molar-refractivity contribution in [3.63, 3.8) is 0 Å². The highest BCUT2D eigenvalue weighted by Gasteiger charge is 2.49.